The Kier molecular flexibility index (Phi) is 6.06. The van der Waals surface area contributed by atoms with E-state index in [1.807, 2.05) is 42.5 Å². The molecule has 3 N–H and O–H groups in total. The summed E-state index contributed by atoms with van der Waals surface area (Å²) in [6, 6.07) is 18.2. The molecule has 0 aliphatic rings. The third-order valence-corrected chi connectivity index (χ3v) is 4.34. The molecule has 0 unspecified atom stereocenters. The minimum Gasteiger partial charge on any atom is -0.481 e. The van der Waals surface area contributed by atoms with Crippen molar-refractivity contribution in [2.45, 2.75) is 20.0 Å². The Morgan fingerprint density at radius 3 is 2.54 bits per heavy atom. The van der Waals surface area contributed by atoms with Crippen LogP contribution in [0.15, 0.2) is 60.7 Å². The zero-order chi connectivity index (χ0) is 20.1. The number of hydrazine groups is 1. The average molecular weight is 397 g/mol. The van der Waals surface area contributed by atoms with E-state index in [0.29, 0.717) is 17.0 Å². The van der Waals surface area contributed by atoms with Crippen LogP contribution in [0.25, 0.3) is 10.8 Å². The first kappa shape index (κ1) is 19.6. The van der Waals surface area contributed by atoms with Gasteiger partial charge in [0, 0.05) is 5.69 Å². The van der Waals surface area contributed by atoms with E-state index in [2.05, 4.69) is 16.2 Å². The first-order valence-corrected chi connectivity index (χ1v) is 9.11. The number of carbonyl (C=O) groups excluding carboxylic acids is 1. The molecular weight excluding hydrogens is 377 g/mol. The van der Waals surface area contributed by atoms with Gasteiger partial charge >= 0.3 is 0 Å². The smallest absolute Gasteiger partial charge is 0.279 e. The number of hydrogen-bond donors (Lipinski definition) is 3. The Bertz CT molecular complexity index is 1030. The second-order valence-electron chi connectivity index (χ2n) is 6.30. The van der Waals surface area contributed by atoms with Gasteiger partial charge in [-0.1, -0.05) is 36.4 Å². The number of carbonyl (C=O) groups is 1. The van der Waals surface area contributed by atoms with E-state index in [4.69, 9.17) is 17.0 Å². The molecule has 3 rings (SSSR count). The Morgan fingerprint density at radius 2 is 1.79 bits per heavy atom. The van der Waals surface area contributed by atoms with Gasteiger partial charge in [0.05, 0.1) is 0 Å². The van der Waals surface area contributed by atoms with Crippen LogP contribution in [0, 0.1) is 12.7 Å². The highest BCUT2D eigenvalue weighted by molar-refractivity contribution is 7.80. The lowest BCUT2D eigenvalue weighted by atomic mass is 10.1. The van der Waals surface area contributed by atoms with Crippen LogP contribution in [-0.2, 0) is 4.79 Å². The highest BCUT2D eigenvalue weighted by Crippen LogP contribution is 2.21. The van der Waals surface area contributed by atoms with Gasteiger partial charge in [-0.3, -0.25) is 15.6 Å². The molecule has 144 valence electrons. The van der Waals surface area contributed by atoms with Gasteiger partial charge < -0.3 is 10.1 Å². The maximum absolute atomic E-state index is 13.6. The van der Waals surface area contributed by atoms with E-state index < -0.39 is 12.0 Å². The molecule has 5 nitrogen and oxygen atoms in total. The number of thiocarbonyl (C=S) groups is 1. The molecule has 1 amide bonds. The van der Waals surface area contributed by atoms with Crippen molar-refractivity contribution in [2.24, 2.45) is 0 Å². The summed E-state index contributed by atoms with van der Waals surface area (Å²) in [6.07, 6.45) is -0.742. The Balaban J connectivity index is 1.51. The number of ether oxygens (including phenoxy) is 1. The summed E-state index contributed by atoms with van der Waals surface area (Å²) in [5, 5.41) is 5.06. The van der Waals surface area contributed by atoms with Crippen molar-refractivity contribution in [1.82, 2.24) is 10.9 Å². The lowest BCUT2D eigenvalue weighted by Crippen LogP contribution is -2.48. The first-order valence-electron chi connectivity index (χ1n) is 8.71. The van der Waals surface area contributed by atoms with Crippen LogP contribution < -0.4 is 20.9 Å². The van der Waals surface area contributed by atoms with Crippen LogP contribution >= 0.6 is 12.2 Å². The predicted molar refractivity (Wildman–Crippen MR) is 113 cm³/mol. The molecule has 0 heterocycles. The van der Waals surface area contributed by atoms with Crippen molar-refractivity contribution in [1.29, 1.82) is 0 Å². The molecular formula is C21H20FN3O2S. The molecule has 0 aromatic heterocycles. The van der Waals surface area contributed by atoms with Crippen LogP contribution in [0.5, 0.6) is 5.75 Å². The number of nitrogens with one attached hydrogen (secondary N) is 3. The van der Waals surface area contributed by atoms with Crippen LogP contribution in [0.4, 0.5) is 10.1 Å². The largest absolute Gasteiger partial charge is 0.481 e. The third kappa shape index (κ3) is 4.95. The molecule has 0 bridgehead atoms. The summed E-state index contributed by atoms with van der Waals surface area (Å²) < 4.78 is 19.3. The summed E-state index contributed by atoms with van der Waals surface area (Å²) in [4.78, 5) is 12.2. The van der Waals surface area contributed by atoms with Gasteiger partial charge in [-0.25, -0.2) is 4.39 Å². The van der Waals surface area contributed by atoms with Crippen LogP contribution in [0.3, 0.4) is 0 Å². The highest BCUT2D eigenvalue weighted by atomic mass is 32.1. The van der Waals surface area contributed by atoms with E-state index in [1.165, 1.54) is 6.07 Å². The fourth-order valence-electron chi connectivity index (χ4n) is 2.55. The highest BCUT2D eigenvalue weighted by Gasteiger charge is 2.15. The molecule has 0 aliphatic carbocycles. The van der Waals surface area contributed by atoms with Crippen molar-refractivity contribution in [3.63, 3.8) is 0 Å². The Labute approximate surface area is 167 Å². The summed E-state index contributed by atoms with van der Waals surface area (Å²) in [7, 11) is 0. The number of fused-ring (bicyclic) bond motifs is 1. The number of benzene rings is 3. The second-order valence-corrected chi connectivity index (χ2v) is 6.71. The van der Waals surface area contributed by atoms with Crippen LogP contribution in [0.1, 0.15) is 12.5 Å². The zero-order valence-electron chi connectivity index (χ0n) is 15.5. The number of halogens is 1. The van der Waals surface area contributed by atoms with Gasteiger partial charge in [0.25, 0.3) is 5.91 Å². The Morgan fingerprint density at radius 1 is 1.04 bits per heavy atom. The molecule has 0 radical (unpaired) electrons. The molecule has 0 saturated carbocycles. The SMILES string of the molecule is Cc1ccc(NC(=S)NNC(=O)[C@H](C)Oc2ccc3ccccc3c2)cc1F. The van der Waals surface area contributed by atoms with Gasteiger partial charge in [0.15, 0.2) is 11.2 Å². The second kappa shape index (κ2) is 8.67. The Hall–Kier alpha value is -3.19. The van der Waals surface area contributed by atoms with Crippen LogP contribution in [0.2, 0.25) is 0 Å². The lowest BCUT2D eigenvalue weighted by Gasteiger charge is -2.17. The number of aryl methyl sites for hydroxylation is 1. The molecule has 7 heteroatoms. The summed E-state index contributed by atoms with van der Waals surface area (Å²) >= 11 is 5.10. The summed E-state index contributed by atoms with van der Waals surface area (Å²) in [6.45, 7) is 3.31. The van der Waals surface area contributed by atoms with Crippen molar-refractivity contribution in [3.8, 4) is 5.75 Å². The third-order valence-electron chi connectivity index (χ3n) is 4.13. The van der Waals surface area contributed by atoms with Crippen LogP contribution in [-0.4, -0.2) is 17.1 Å². The van der Waals surface area contributed by atoms with Gasteiger partial charge in [0.1, 0.15) is 11.6 Å². The molecule has 0 saturated heterocycles. The normalized spacial score (nSPS) is 11.5. The first-order chi connectivity index (χ1) is 13.4. The standard InChI is InChI=1S/C21H20FN3O2S/c1-13-7-9-17(12-19(13)22)23-21(28)25-24-20(26)14(2)27-18-10-8-15-5-3-4-6-16(15)11-18/h3-12,14H,1-2H3,(H,24,26)(H2,23,25,28)/t14-/m0/s1. The monoisotopic (exact) mass is 397 g/mol. The van der Waals surface area contributed by atoms with E-state index in [-0.39, 0.29) is 10.9 Å². The zero-order valence-corrected chi connectivity index (χ0v) is 16.3. The number of rotatable bonds is 4. The van der Waals surface area contributed by atoms with Gasteiger partial charge in [-0.15, -0.1) is 0 Å². The topological polar surface area (TPSA) is 62.4 Å². The molecule has 1 atom stereocenters. The minimum absolute atomic E-state index is 0.134. The maximum atomic E-state index is 13.6. The van der Waals surface area contributed by atoms with E-state index >= 15 is 0 Å². The van der Waals surface area contributed by atoms with E-state index in [1.54, 1.807) is 26.0 Å². The fraction of sp³-hybridized carbons (Fsp3) is 0.143. The minimum atomic E-state index is -0.742. The molecule has 0 aliphatic heterocycles. The molecule has 0 spiro atoms. The van der Waals surface area contributed by atoms with Crippen molar-refractivity contribution >= 4 is 39.7 Å². The van der Waals surface area contributed by atoms with Gasteiger partial charge in [-0.05, 0) is 66.7 Å². The van der Waals surface area contributed by atoms with Crippen molar-refractivity contribution < 1.29 is 13.9 Å². The van der Waals surface area contributed by atoms with Crippen molar-refractivity contribution in [3.05, 3.63) is 72.0 Å². The average Bonchev–Trinajstić information content (AvgIpc) is 2.69. The number of hydrogen-bond acceptors (Lipinski definition) is 3. The van der Waals surface area contributed by atoms with Gasteiger partial charge in [0.2, 0.25) is 0 Å². The summed E-state index contributed by atoms with van der Waals surface area (Å²) in [5.74, 6) is -0.140. The van der Waals surface area contributed by atoms with Gasteiger partial charge in [-0.2, -0.15) is 0 Å². The summed E-state index contributed by atoms with van der Waals surface area (Å²) in [5.41, 5.74) is 6.08. The fourth-order valence-corrected chi connectivity index (χ4v) is 2.72. The van der Waals surface area contributed by atoms with E-state index in [0.717, 1.165) is 10.8 Å². The molecule has 3 aromatic rings. The number of amides is 1. The molecule has 3 aromatic carbocycles. The quantitative estimate of drug-likeness (QED) is 0.458. The molecule has 0 fully saturated rings. The molecule has 28 heavy (non-hydrogen) atoms. The lowest BCUT2D eigenvalue weighted by molar-refractivity contribution is -0.127. The predicted octanol–water partition coefficient (Wildman–Crippen LogP) is 4.07. The van der Waals surface area contributed by atoms with Crippen molar-refractivity contribution in [2.75, 3.05) is 5.32 Å². The van der Waals surface area contributed by atoms with E-state index in [9.17, 15) is 9.18 Å². The maximum Gasteiger partial charge on any atom is 0.279 e. The number of anilines is 1.